The van der Waals surface area contributed by atoms with Gasteiger partial charge in [0.25, 0.3) is 5.92 Å². The highest BCUT2D eigenvalue weighted by atomic mass is 35.5. The second kappa shape index (κ2) is 9.27. The van der Waals surface area contributed by atoms with Crippen molar-refractivity contribution in [1.29, 1.82) is 0 Å². The van der Waals surface area contributed by atoms with Gasteiger partial charge in [0.15, 0.2) is 0 Å². The highest BCUT2D eigenvalue weighted by Crippen LogP contribution is 2.25. The maximum Gasteiger partial charge on any atom is 0.262 e. The van der Waals surface area contributed by atoms with E-state index in [1.807, 2.05) is 42.5 Å². The van der Waals surface area contributed by atoms with E-state index in [1.54, 1.807) is 16.9 Å². The van der Waals surface area contributed by atoms with Crippen molar-refractivity contribution in [1.82, 2.24) is 25.5 Å². The molecule has 1 atom stereocenters. The molecular formula is C20H21ClF2N6O. The van der Waals surface area contributed by atoms with Gasteiger partial charge in [-0.05, 0) is 29.3 Å². The first kappa shape index (κ1) is 21.8. The van der Waals surface area contributed by atoms with E-state index < -0.39 is 30.8 Å². The summed E-state index contributed by atoms with van der Waals surface area (Å²) >= 11 is 0. The summed E-state index contributed by atoms with van der Waals surface area (Å²) < 4.78 is 26.4. The Bertz CT molecular complexity index is 980. The molecule has 1 fully saturated rings. The number of hydrogen-bond donors (Lipinski definition) is 2. The molecule has 2 aromatic carbocycles. The number of tetrazole rings is 1. The molecule has 1 amide bonds. The third kappa shape index (κ3) is 5.37. The first-order valence-corrected chi connectivity index (χ1v) is 9.33. The highest BCUT2D eigenvalue weighted by Gasteiger charge is 2.42. The maximum absolute atomic E-state index is 13.2. The number of hydrogen-bond acceptors (Lipinski definition) is 5. The monoisotopic (exact) mass is 434 g/mol. The smallest absolute Gasteiger partial charge is 0.262 e. The summed E-state index contributed by atoms with van der Waals surface area (Å²) in [6, 6.07) is 16.0. The van der Waals surface area contributed by atoms with Crippen molar-refractivity contribution in [3.05, 3.63) is 60.2 Å². The van der Waals surface area contributed by atoms with Gasteiger partial charge in [-0.2, -0.15) is 4.80 Å². The standard InChI is InChI=1S/C20H20F2N6O.ClH/c21-20(22)12-17(23-13-20)19(29)24-16-8-6-14(7-9-16)10-11-28-26-18(25-27-28)15-4-2-1-3-5-15;/h1-9,17,23H,10-13H2,(H,24,29);1H. The Morgan fingerprint density at radius 3 is 2.57 bits per heavy atom. The molecule has 1 aliphatic heterocycles. The van der Waals surface area contributed by atoms with Crippen LogP contribution in [0.2, 0.25) is 0 Å². The van der Waals surface area contributed by atoms with Gasteiger partial charge >= 0.3 is 0 Å². The average Bonchev–Trinajstić information content (AvgIpc) is 3.34. The van der Waals surface area contributed by atoms with Crippen molar-refractivity contribution in [2.75, 3.05) is 11.9 Å². The van der Waals surface area contributed by atoms with Gasteiger partial charge in [-0.15, -0.1) is 22.6 Å². The molecule has 1 unspecified atom stereocenters. The van der Waals surface area contributed by atoms with Gasteiger partial charge in [-0.1, -0.05) is 42.5 Å². The molecule has 3 aromatic rings. The Hall–Kier alpha value is -2.91. The van der Waals surface area contributed by atoms with Crippen molar-refractivity contribution < 1.29 is 13.6 Å². The summed E-state index contributed by atoms with van der Waals surface area (Å²) in [7, 11) is 0. The van der Waals surface area contributed by atoms with Crippen LogP contribution in [-0.4, -0.2) is 44.6 Å². The second-order valence-electron chi connectivity index (χ2n) is 7.00. The Morgan fingerprint density at radius 2 is 1.90 bits per heavy atom. The summed E-state index contributed by atoms with van der Waals surface area (Å²) in [4.78, 5) is 13.6. The number of carbonyl (C=O) groups is 1. The third-order valence-corrected chi connectivity index (χ3v) is 4.73. The largest absolute Gasteiger partial charge is 0.325 e. The second-order valence-corrected chi connectivity index (χ2v) is 7.00. The first-order chi connectivity index (χ1) is 14.0. The van der Waals surface area contributed by atoms with E-state index >= 15 is 0 Å². The Morgan fingerprint density at radius 1 is 1.17 bits per heavy atom. The number of halogens is 3. The first-order valence-electron chi connectivity index (χ1n) is 9.33. The minimum absolute atomic E-state index is 0. The molecule has 4 rings (SSSR count). The van der Waals surface area contributed by atoms with E-state index in [2.05, 4.69) is 26.0 Å². The number of aryl methyl sites for hydroxylation is 2. The van der Waals surface area contributed by atoms with Crippen molar-refractivity contribution >= 4 is 24.0 Å². The molecule has 0 saturated carbocycles. The highest BCUT2D eigenvalue weighted by molar-refractivity contribution is 5.95. The number of benzene rings is 2. The zero-order valence-corrected chi connectivity index (χ0v) is 16.8. The molecule has 7 nitrogen and oxygen atoms in total. The molecular weight excluding hydrogens is 414 g/mol. The van der Waals surface area contributed by atoms with Gasteiger partial charge in [-0.3, -0.25) is 10.1 Å². The zero-order valence-electron chi connectivity index (χ0n) is 16.0. The van der Waals surface area contributed by atoms with Crippen molar-refractivity contribution in [2.24, 2.45) is 0 Å². The average molecular weight is 435 g/mol. The number of anilines is 1. The molecule has 0 aliphatic carbocycles. The van der Waals surface area contributed by atoms with Gasteiger partial charge in [0.2, 0.25) is 11.7 Å². The van der Waals surface area contributed by atoms with E-state index in [0.29, 0.717) is 24.5 Å². The molecule has 10 heteroatoms. The molecule has 158 valence electrons. The van der Waals surface area contributed by atoms with E-state index in [-0.39, 0.29) is 12.4 Å². The summed E-state index contributed by atoms with van der Waals surface area (Å²) in [6.07, 6.45) is 0.210. The van der Waals surface area contributed by atoms with E-state index in [0.717, 1.165) is 11.1 Å². The fourth-order valence-corrected chi connectivity index (χ4v) is 3.15. The number of nitrogens with one attached hydrogen (secondary N) is 2. The fourth-order valence-electron chi connectivity index (χ4n) is 3.15. The van der Waals surface area contributed by atoms with Gasteiger partial charge < -0.3 is 5.32 Å². The maximum atomic E-state index is 13.2. The molecule has 30 heavy (non-hydrogen) atoms. The predicted octanol–water partition coefficient (Wildman–Crippen LogP) is 2.94. The Labute approximate surface area is 178 Å². The van der Waals surface area contributed by atoms with Gasteiger partial charge in [0.1, 0.15) is 0 Å². The Kier molecular flexibility index (Phi) is 6.73. The molecule has 2 N–H and O–H groups in total. The minimum atomic E-state index is -2.83. The lowest BCUT2D eigenvalue weighted by atomic mass is 10.1. The number of aromatic nitrogens is 4. The molecule has 1 aliphatic rings. The van der Waals surface area contributed by atoms with Crippen LogP contribution in [0.4, 0.5) is 14.5 Å². The van der Waals surface area contributed by atoms with Crippen LogP contribution in [0.1, 0.15) is 12.0 Å². The summed E-state index contributed by atoms with van der Waals surface area (Å²) in [5.74, 6) is -2.70. The van der Waals surface area contributed by atoms with Crippen LogP contribution in [0, 0.1) is 0 Å². The third-order valence-electron chi connectivity index (χ3n) is 4.73. The topological polar surface area (TPSA) is 84.7 Å². The number of rotatable bonds is 6. The lowest BCUT2D eigenvalue weighted by Crippen LogP contribution is -2.35. The van der Waals surface area contributed by atoms with Crippen LogP contribution >= 0.6 is 12.4 Å². The van der Waals surface area contributed by atoms with Crippen molar-refractivity contribution in [3.63, 3.8) is 0 Å². The van der Waals surface area contributed by atoms with Gasteiger partial charge in [0, 0.05) is 17.7 Å². The Balaban J connectivity index is 0.00000256. The zero-order chi connectivity index (χ0) is 20.3. The van der Waals surface area contributed by atoms with E-state index in [1.165, 1.54) is 0 Å². The summed E-state index contributed by atoms with van der Waals surface area (Å²) in [6.45, 7) is 0.0962. The summed E-state index contributed by atoms with van der Waals surface area (Å²) in [5, 5.41) is 17.7. The summed E-state index contributed by atoms with van der Waals surface area (Å²) in [5.41, 5.74) is 2.52. The number of carbonyl (C=O) groups excluding carboxylic acids is 1. The predicted molar refractivity (Wildman–Crippen MR) is 111 cm³/mol. The number of amides is 1. The lowest BCUT2D eigenvalue weighted by Gasteiger charge is -2.11. The lowest BCUT2D eigenvalue weighted by molar-refractivity contribution is -0.118. The van der Waals surface area contributed by atoms with Crippen LogP contribution < -0.4 is 10.6 Å². The van der Waals surface area contributed by atoms with Crippen LogP contribution in [0.5, 0.6) is 0 Å². The van der Waals surface area contributed by atoms with Crippen LogP contribution in [0.3, 0.4) is 0 Å². The minimum Gasteiger partial charge on any atom is -0.325 e. The van der Waals surface area contributed by atoms with Gasteiger partial charge in [0.05, 0.1) is 19.1 Å². The normalized spacial score (nSPS) is 17.3. The quantitative estimate of drug-likeness (QED) is 0.623. The number of alkyl halides is 2. The van der Waals surface area contributed by atoms with E-state index in [9.17, 15) is 13.6 Å². The molecule has 1 aromatic heterocycles. The molecule has 2 heterocycles. The van der Waals surface area contributed by atoms with Crippen LogP contribution in [-0.2, 0) is 17.8 Å². The number of nitrogens with zero attached hydrogens (tertiary/aromatic N) is 4. The van der Waals surface area contributed by atoms with Crippen molar-refractivity contribution in [3.8, 4) is 11.4 Å². The van der Waals surface area contributed by atoms with Gasteiger partial charge in [-0.25, -0.2) is 8.78 Å². The molecule has 1 saturated heterocycles. The molecule has 0 radical (unpaired) electrons. The van der Waals surface area contributed by atoms with Crippen LogP contribution in [0.15, 0.2) is 54.6 Å². The fraction of sp³-hybridized carbons (Fsp3) is 0.300. The molecule has 0 bridgehead atoms. The SMILES string of the molecule is Cl.O=C(Nc1ccc(CCn2nnc(-c3ccccc3)n2)cc1)C1CC(F)(F)CN1. The van der Waals surface area contributed by atoms with Crippen LogP contribution in [0.25, 0.3) is 11.4 Å². The van der Waals surface area contributed by atoms with Crippen molar-refractivity contribution in [2.45, 2.75) is 31.4 Å². The molecule has 0 spiro atoms. The van der Waals surface area contributed by atoms with E-state index in [4.69, 9.17) is 0 Å².